The van der Waals surface area contributed by atoms with Crippen molar-refractivity contribution in [1.82, 2.24) is 24.9 Å². The van der Waals surface area contributed by atoms with E-state index in [4.69, 9.17) is 11.5 Å². The summed E-state index contributed by atoms with van der Waals surface area (Å²) < 4.78 is 1.03. The number of rotatable bonds is 3. The molecule has 10 heteroatoms. The zero-order valence-corrected chi connectivity index (χ0v) is 26.6. The van der Waals surface area contributed by atoms with Gasteiger partial charge >= 0.3 is 0 Å². The lowest BCUT2D eigenvalue weighted by Gasteiger charge is -2.26. The summed E-state index contributed by atoms with van der Waals surface area (Å²) >= 11 is 3.55. The van der Waals surface area contributed by atoms with E-state index in [9.17, 15) is 9.59 Å². The molecule has 5 aromatic rings. The van der Waals surface area contributed by atoms with E-state index in [0.717, 1.165) is 44.5 Å². The Morgan fingerprint density at radius 3 is 1.69 bits per heavy atom. The highest BCUT2D eigenvalue weighted by molar-refractivity contribution is 9.10. The lowest BCUT2D eigenvalue weighted by molar-refractivity contribution is 0.0953. The average Bonchev–Trinajstić information content (AvgIpc) is 3.01. The number of hydrogen-bond donors (Lipinski definition) is 2. The highest BCUT2D eigenvalue weighted by atomic mass is 79.9. The van der Waals surface area contributed by atoms with Crippen LogP contribution >= 0.6 is 15.9 Å². The summed E-state index contributed by atoms with van der Waals surface area (Å²) in [7, 11) is 0. The van der Waals surface area contributed by atoms with Crippen LogP contribution in [0.25, 0.3) is 11.1 Å². The molecule has 0 spiro atoms. The van der Waals surface area contributed by atoms with Crippen molar-refractivity contribution in [1.29, 1.82) is 0 Å². The van der Waals surface area contributed by atoms with Crippen LogP contribution in [0.5, 0.6) is 0 Å². The molecular formula is C35H32BrN7O2. The van der Waals surface area contributed by atoms with Gasteiger partial charge in [0.2, 0.25) is 11.9 Å². The van der Waals surface area contributed by atoms with Gasteiger partial charge in [-0.25, -0.2) is 19.9 Å². The Balaban J connectivity index is 0.000000163. The van der Waals surface area contributed by atoms with Crippen molar-refractivity contribution >= 4 is 39.4 Å². The molecule has 4 N–H and O–H groups in total. The van der Waals surface area contributed by atoms with Gasteiger partial charge in [0, 0.05) is 29.7 Å². The van der Waals surface area contributed by atoms with Crippen molar-refractivity contribution in [3.05, 3.63) is 123 Å². The molecule has 0 fully saturated rings. The zero-order valence-electron chi connectivity index (χ0n) is 25.0. The number of pyridine rings is 1. The lowest BCUT2D eigenvalue weighted by Crippen LogP contribution is -2.23. The van der Waals surface area contributed by atoms with Gasteiger partial charge < -0.3 is 11.5 Å². The topological polar surface area (TPSA) is 151 Å². The van der Waals surface area contributed by atoms with Gasteiger partial charge in [0.15, 0.2) is 11.6 Å². The third-order valence-electron chi connectivity index (χ3n) is 8.40. The fraction of sp³-hybridized carbons (Fsp3) is 0.229. The van der Waals surface area contributed by atoms with Crippen LogP contribution in [0.4, 0.5) is 11.9 Å². The Kier molecular flexibility index (Phi) is 8.49. The van der Waals surface area contributed by atoms with Crippen LogP contribution in [0.3, 0.4) is 0 Å². The molecule has 2 aliphatic carbocycles. The summed E-state index contributed by atoms with van der Waals surface area (Å²) in [5.74, 6) is 0.879. The number of nitrogens with zero attached hydrogens (tertiary/aromatic N) is 5. The molecule has 2 aliphatic rings. The number of benzene rings is 2. The minimum absolute atomic E-state index is 0.0815. The van der Waals surface area contributed by atoms with Crippen molar-refractivity contribution in [2.24, 2.45) is 0 Å². The molecule has 0 aliphatic heterocycles. The molecule has 7 rings (SSSR count). The number of ketones is 2. The van der Waals surface area contributed by atoms with Crippen LogP contribution in [0.15, 0.2) is 77.5 Å². The number of aromatic nitrogens is 5. The fourth-order valence-electron chi connectivity index (χ4n) is 6.49. The Morgan fingerprint density at radius 2 is 1.13 bits per heavy atom. The van der Waals surface area contributed by atoms with E-state index in [1.165, 1.54) is 0 Å². The van der Waals surface area contributed by atoms with E-state index >= 15 is 0 Å². The molecule has 0 amide bonds. The summed E-state index contributed by atoms with van der Waals surface area (Å²) in [5.41, 5.74) is 20.2. The molecule has 0 radical (unpaired) electrons. The molecule has 226 valence electrons. The summed E-state index contributed by atoms with van der Waals surface area (Å²) in [6.45, 7) is 3.63. The maximum atomic E-state index is 12.7. The predicted molar refractivity (Wildman–Crippen MR) is 177 cm³/mol. The van der Waals surface area contributed by atoms with Crippen molar-refractivity contribution < 1.29 is 9.59 Å². The van der Waals surface area contributed by atoms with E-state index in [1.54, 1.807) is 12.4 Å². The molecule has 45 heavy (non-hydrogen) atoms. The molecule has 3 heterocycles. The van der Waals surface area contributed by atoms with Gasteiger partial charge in [0.1, 0.15) is 0 Å². The summed E-state index contributed by atoms with van der Waals surface area (Å²) in [5, 5.41) is 0. The summed E-state index contributed by atoms with van der Waals surface area (Å²) in [6.07, 6.45) is 5.93. The maximum absolute atomic E-state index is 12.7. The van der Waals surface area contributed by atoms with Gasteiger partial charge in [-0.15, -0.1) is 0 Å². The Morgan fingerprint density at radius 1 is 0.644 bits per heavy atom. The van der Waals surface area contributed by atoms with Crippen molar-refractivity contribution in [3.8, 4) is 11.1 Å². The second-order valence-corrected chi connectivity index (χ2v) is 12.2. The summed E-state index contributed by atoms with van der Waals surface area (Å²) in [4.78, 5) is 46.0. The first-order chi connectivity index (χ1) is 21.7. The predicted octanol–water partition coefficient (Wildman–Crippen LogP) is 6.38. The largest absolute Gasteiger partial charge is 0.368 e. The minimum Gasteiger partial charge on any atom is -0.368 e. The number of nitrogens with two attached hydrogens (primary N) is 2. The maximum Gasteiger partial charge on any atom is 0.220 e. The molecule has 3 aromatic heterocycles. The van der Waals surface area contributed by atoms with Gasteiger partial charge in [0.05, 0.1) is 33.9 Å². The molecule has 2 atom stereocenters. The molecule has 2 unspecified atom stereocenters. The molecule has 0 saturated heterocycles. The van der Waals surface area contributed by atoms with Crippen molar-refractivity contribution in [2.75, 3.05) is 11.5 Å². The molecule has 0 saturated carbocycles. The van der Waals surface area contributed by atoms with Gasteiger partial charge in [-0.3, -0.25) is 14.6 Å². The highest BCUT2D eigenvalue weighted by Gasteiger charge is 2.32. The zero-order chi connectivity index (χ0) is 31.7. The third-order valence-corrected chi connectivity index (χ3v) is 9.12. The van der Waals surface area contributed by atoms with Gasteiger partial charge in [-0.2, -0.15) is 0 Å². The van der Waals surface area contributed by atoms with E-state index in [-0.39, 0.29) is 35.3 Å². The van der Waals surface area contributed by atoms with Crippen molar-refractivity contribution in [3.63, 3.8) is 0 Å². The monoisotopic (exact) mass is 661 g/mol. The first-order valence-corrected chi connectivity index (χ1v) is 15.5. The minimum atomic E-state index is 0.0815. The average molecular weight is 663 g/mol. The number of anilines is 2. The van der Waals surface area contributed by atoms with Crippen LogP contribution in [0.2, 0.25) is 0 Å². The number of halogens is 1. The van der Waals surface area contributed by atoms with Crippen molar-refractivity contribution in [2.45, 2.75) is 51.4 Å². The highest BCUT2D eigenvalue weighted by Crippen LogP contribution is 2.38. The normalized spacial score (nSPS) is 17.1. The molecule has 0 bridgehead atoms. The third kappa shape index (κ3) is 6.23. The van der Waals surface area contributed by atoms with E-state index < -0.39 is 0 Å². The SMILES string of the molecule is Cc1nc(N)nc2c1C(=O)CC(c1ccccc1-c1ccncc1)C2.Cc1nc(N)nc2c1C(=O)CC(c1ccccc1Br)C2. The number of hydrogen-bond acceptors (Lipinski definition) is 9. The molecule has 2 aromatic carbocycles. The van der Waals surface area contributed by atoms with Gasteiger partial charge in [0.25, 0.3) is 0 Å². The van der Waals surface area contributed by atoms with Crippen LogP contribution in [-0.4, -0.2) is 36.5 Å². The summed E-state index contributed by atoms with van der Waals surface area (Å²) in [6, 6.07) is 20.2. The van der Waals surface area contributed by atoms with Gasteiger partial charge in [-0.1, -0.05) is 58.4 Å². The number of carbonyl (C=O) groups is 2. The van der Waals surface area contributed by atoms with Gasteiger partial charge in [-0.05, 0) is 79.0 Å². The Hall–Kier alpha value is -4.83. The Labute approximate surface area is 269 Å². The van der Waals surface area contributed by atoms with Crippen LogP contribution in [0, 0.1) is 13.8 Å². The van der Waals surface area contributed by atoms with E-state index in [1.807, 2.05) is 62.4 Å². The van der Waals surface area contributed by atoms with Crippen LogP contribution in [0.1, 0.15) is 79.3 Å². The van der Waals surface area contributed by atoms with E-state index in [0.29, 0.717) is 41.8 Å². The molecule has 9 nitrogen and oxygen atoms in total. The van der Waals surface area contributed by atoms with E-state index in [2.05, 4.69) is 53.0 Å². The number of carbonyl (C=O) groups excluding carboxylic acids is 2. The number of fused-ring (bicyclic) bond motifs is 2. The quantitative estimate of drug-likeness (QED) is 0.224. The smallest absolute Gasteiger partial charge is 0.220 e. The van der Waals surface area contributed by atoms with Crippen LogP contribution < -0.4 is 11.5 Å². The first-order valence-electron chi connectivity index (χ1n) is 14.8. The lowest BCUT2D eigenvalue weighted by atomic mass is 9.79. The first kappa shape index (κ1) is 30.2. The Bertz CT molecular complexity index is 1930. The second kappa shape index (κ2) is 12.6. The number of Topliss-reactive ketones (excluding diaryl/α,β-unsaturated/α-hetero) is 2. The number of aryl methyl sites for hydroxylation is 2. The second-order valence-electron chi connectivity index (χ2n) is 11.4. The fourth-order valence-corrected chi connectivity index (χ4v) is 7.10. The van der Waals surface area contributed by atoms with Crippen LogP contribution in [-0.2, 0) is 12.8 Å². The molecular weight excluding hydrogens is 630 g/mol. The standard InChI is InChI=1S/C20H18N4O.C15H14BrN3O/c1-12-19-17(24-20(21)23-12)10-14(11-18(19)25)16-5-3-2-4-15(16)13-6-8-22-9-7-13;1-8-14-12(19-15(17)18-8)6-9(7-13(14)20)10-4-2-3-5-11(10)16/h2-9,14H,10-11H2,1H3,(H2,21,23,24);2-5,9H,6-7H2,1H3,(H2,17,18,19). The number of nitrogen functional groups attached to an aromatic ring is 2.